The summed E-state index contributed by atoms with van der Waals surface area (Å²) in [5.41, 5.74) is 1.76. The predicted octanol–water partition coefficient (Wildman–Crippen LogP) is 4.71. The van der Waals surface area contributed by atoms with Gasteiger partial charge in [0.25, 0.3) is 0 Å². The highest BCUT2D eigenvalue weighted by atomic mass is 32.2. The van der Waals surface area contributed by atoms with Crippen LogP contribution in [0, 0.1) is 18.7 Å². The lowest BCUT2D eigenvalue weighted by molar-refractivity contribution is -0.135. The number of halogens is 1. The molecule has 2 saturated heterocycles. The van der Waals surface area contributed by atoms with Gasteiger partial charge in [-0.15, -0.1) is 0 Å². The molecule has 0 spiro atoms. The van der Waals surface area contributed by atoms with Gasteiger partial charge in [0.15, 0.2) is 10.7 Å². The van der Waals surface area contributed by atoms with Gasteiger partial charge in [-0.3, -0.25) is 4.79 Å². The van der Waals surface area contributed by atoms with E-state index in [1.54, 1.807) is 25.1 Å². The van der Waals surface area contributed by atoms with Crippen LogP contribution in [0.5, 0.6) is 0 Å². The maximum Gasteiger partial charge on any atom is 0.248 e. The predicted molar refractivity (Wildman–Crippen MR) is 138 cm³/mol. The van der Waals surface area contributed by atoms with Crippen molar-refractivity contribution in [3.05, 3.63) is 83.0 Å². The third-order valence-corrected chi connectivity index (χ3v) is 9.28. The Morgan fingerprint density at radius 3 is 2.57 bits per heavy atom. The number of carbonyl (C=O) groups is 1. The van der Waals surface area contributed by atoms with Crippen molar-refractivity contribution in [2.24, 2.45) is 5.92 Å². The smallest absolute Gasteiger partial charge is 0.248 e. The molecule has 7 nitrogen and oxygen atoms in total. The van der Waals surface area contributed by atoms with Crippen LogP contribution in [0.1, 0.15) is 47.8 Å². The van der Waals surface area contributed by atoms with Gasteiger partial charge < -0.3 is 9.42 Å². The Labute approximate surface area is 216 Å². The molecule has 3 aromatic rings. The number of carbonyl (C=O) groups excluding carboxylic acids is 1. The van der Waals surface area contributed by atoms with Gasteiger partial charge in [-0.05, 0) is 50.0 Å². The Morgan fingerprint density at radius 1 is 1.03 bits per heavy atom. The van der Waals surface area contributed by atoms with E-state index < -0.39 is 21.8 Å². The molecule has 1 aromatic heterocycles. The van der Waals surface area contributed by atoms with Crippen LogP contribution < -0.4 is 0 Å². The molecule has 1 amide bonds. The molecule has 2 aliphatic rings. The lowest BCUT2D eigenvalue weighted by Crippen LogP contribution is -2.46. The Kier molecular flexibility index (Phi) is 7.26. The summed E-state index contributed by atoms with van der Waals surface area (Å²) >= 11 is 0. The summed E-state index contributed by atoms with van der Waals surface area (Å²) in [7, 11) is -3.98. The van der Waals surface area contributed by atoms with E-state index in [4.69, 9.17) is 4.52 Å². The van der Waals surface area contributed by atoms with E-state index in [9.17, 15) is 17.6 Å². The maximum absolute atomic E-state index is 14.0. The van der Waals surface area contributed by atoms with E-state index in [1.807, 2.05) is 23.1 Å². The minimum Gasteiger partial charge on any atom is -0.355 e. The Bertz CT molecular complexity index is 1400. The van der Waals surface area contributed by atoms with Crippen molar-refractivity contribution < 1.29 is 22.1 Å². The number of amides is 1. The monoisotopic (exact) mass is 523 g/mol. The first-order chi connectivity index (χ1) is 17.8. The maximum atomic E-state index is 14.0. The van der Waals surface area contributed by atoms with Crippen LogP contribution in [0.25, 0.3) is 12.2 Å². The van der Waals surface area contributed by atoms with E-state index in [-0.39, 0.29) is 28.8 Å². The fourth-order valence-corrected chi connectivity index (χ4v) is 7.06. The van der Waals surface area contributed by atoms with Crippen molar-refractivity contribution in [1.82, 2.24) is 14.4 Å². The standard InChI is InChI=1S/C28H30FN3O4S/c1-20-27(26(36-30-20)14-13-22-10-5-6-12-25(22)29)37(34,35)32-16-7-11-24(19-32)28(33)31-17-15-23(18-31)21-8-3-2-4-9-21/h2-6,8-10,12-14,23-24H,7,11,15-19H2,1H3/b14-13+/t23-,24+/m0/s1. The molecule has 0 saturated carbocycles. The van der Waals surface area contributed by atoms with Crippen molar-refractivity contribution >= 4 is 28.1 Å². The number of benzene rings is 2. The number of hydrogen-bond acceptors (Lipinski definition) is 5. The number of hydrogen-bond donors (Lipinski definition) is 0. The summed E-state index contributed by atoms with van der Waals surface area (Å²) in [6, 6.07) is 16.4. The number of rotatable bonds is 6. The number of likely N-dealkylation sites (tertiary alicyclic amines) is 1. The molecule has 2 aliphatic heterocycles. The Hall–Kier alpha value is -3.30. The molecule has 0 bridgehead atoms. The molecule has 5 rings (SSSR count). The molecule has 9 heteroatoms. The first kappa shape index (κ1) is 25.4. The number of aryl methyl sites for hydroxylation is 1. The van der Waals surface area contributed by atoms with Gasteiger partial charge in [-0.1, -0.05) is 53.7 Å². The first-order valence-electron chi connectivity index (χ1n) is 12.6. The molecule has 2 aromatic carbocycles. The SMILES string of the molecule is Cc1noc(/C=C/c2ccccc2F)c1S(=O)(=O)N1CCC[C@@H](C(=O)N2CC[C@H](c3ccccc3)C2)C1. The molecule has 194 valence electrons. The molecule has 2 fully saturated rings. The van der Waals surface area contributed by atoms with Crippen LogP contribution in [-0.2, 0) is 14.8 Å². The summed E-state index contributed by atoms with van der Waals surface area (Å²) in [6.45, 7) is 3.34. The summed E-state index contributed by atoms with van der Waals surface area (Å²) in [4.78, 5) is 15.2. The summed E-state index contributed by atoms with van der Waals surface area (Å²) in [5.74, 6) is -0.458. The van der Waals surface area contributed by atoms with E-state index in [1.165, 1.54) is 28.1 Å². The molecular weight excluding hydrogens is 493 g/mol. The third kappa shape index (κ3) is 5.24. The largest absolute Gasteiger partial charge is 0.355 e. The molecular formula is C28H30FN3O4S. The number of piperidine rings is 1. The molecule has 2 atom stereocenters. The lowest BCUT2D eigenvalue weighted by atomic mass is 9.97. The van der Waals surface area contributed by atoms with Gasteiger partial charge in [0.1, 0.15) is 11.5 Å². The van der Waals surface area contributed by atoms with Crippen molar-refractivity contribution in [3.8, 4) is 0 Å². The van der Waals surface area contributed by atoms with Gasteiger partial charge >= 0.3 is 0 Å². The van der Waals surface area contributed by atoms with E-state index in [2.05, 4.69) is 17.3 Å². The van der Waals surface area contributed by atoms with Crippen LogP contribution in [-0.4, -0.2) is 54.9 Å². The zero-order valence-corrected chi connectivity index (χ0v) is 21.5. The van der Waals surface area contributed by atoms with Gasteiger partial charge in [0.05, 0.1) is 5.92 Å². The molecule has 0 unspecified atom stereocenters. The molecule has 0 radical (unpaired) electrons. The van der Waals surface area contributed by atoms with Crippen molar-refractivity contribution in [3.63, 3.8) is 0 Å². The normalized spacial score (nSPS) is 21.1. The molecule has 0 aliphatic carbocycles. The van der Waals surface area contributed by atoms with Crippen LogP contribution >= 0.6 is 0 Å². The minimum atomic E-state index is -3.98. The van der Waals surface area contributed by atoms with Gasteiger partial charge in [0.2, 0.25) is 15.9 Å². The van der Waals surface area contributed by atoms with Crippen LogP contribution in [0.2, 0.25) is 0 Å². The summed E-state index contributed by atoms with van der Waals surface area (Å²) in [6.07, 6.45) is 5.04. The van der Waals surface area contributed by atoms with Crippen molar-refractivity contribution in [2.45, 2.75) is 37.0 Å². The highest BCUT2D eigenvalue weighted by Gasteiger charge is 2.39. The lowest BCUT2D eigenvalue weighted by Gasteiger charge is -2.33. The van der Waals surface area contributed by atoms with Crippen molar-refractivity contribution in [2.75, 3.05) is 26.2 Å². The number of sulfonamides is 1. The molecule has 37 heavy (non-hydrogen) atoms. The van der Waals surface area contributed by atoms with Crippen LogP contribution in [0.3, 0.4) is 0 Å². The van der Waals surface area contributed by atoms with Gasteiger partial charge in [-0.2, -0.15) is 4.31 Å². The second-order valence-electron chi connectivity index (χ2n) is 9.70. The zero-order valence-electron chi connectivity index (χ0n) is 20.7. The second kappa shape index (κ2) is 10.6. The Morgan fingerprint density at radius 2 is 1.78 bits per heavy atom. The highest BCUT2D eigenvalue weighted by molar-refractivity contribution is 7.89. The third-order valence-electron chi connectivity index (χ3n) is 7.25. The van der Waals surface area contributed by atoms with Crippen LogP contribution in [0.4, 0.5) is 4.39 Å². The zero-order chi connectivity index (χ0) is 26.0. The van der Waals surface area contributed by atoms with Gasteiger partial charge in [-0.25, -0.2) is 12.8 Å². The molecule has 3 heterocycles. The molecule has 0 N–H and O–H groups in total. The van der Waals surface area contributed by atoms with Crippen molar-refractivity contribution in [1.29, 1.82) is 0 Å². The summed E-state index contributed by atoms with van der Waals surface area (Å²) in [5, 5.41) is 3.87. The number of nitrogens with zero attached hydrogens (tertiary/aromatic N) is 3. The average Bonchev–Trinajstić information content (AvgIpc) is 3.56. The summed E-state index contributed by atoms with van der Waals surface area (Å²) < 4.78 is 48.1. The van der Waals surface area contributed by atoms with E-state index in [0.717, 1.165) is 6.42 Å². The topological polar surface area (TPSA) is 83.7 Å². The fourth-order valence-electron chi connectivity index (χ4n) is 5.28. The van der Waals surface area contributed by atoms with E-state index >= 15 is 0 Å². The van der Waals surface area contributed by atoms with E-state index in [0.29, 0.717) is 44.0 Å². The van der Waals surface area contributed by atoms with Crippen LogP contribution in [0.15, 0.2) is 64.0 Å². The van der Waals surface area contributed by atoms with Gasteiger partial charge in [0, 0.05) is 37.7 Å². The highest BCUT2D eigenvalue weighted by Crippen LogP contribution is 2.32. The number of aromatic nitrogens is 1. The second-order valence-corrected chi connectivity index (χ2v) is 11.6. The Balaban J connectivity index is 1.31. The average molecular weight is 524 g/mol. The quantitative estimate of drug-likeness (QED) is 0.467. The minimum absolute atomic E-state index is 0.0139. The fraction of sp³-hybridized carbons (Fsp3) is 0.357. The first-order valence-corrected chi connectivity index (χ1v) is 14.0.